The van der Waals surface area contributed by atoms with E-state index in [-0.39, 0.29) is 27.2 Å². The molecule has 34 heavy (non-hydrogen) atoms. The van der Waals surface area contributed by atoms with Crippen molar-refractivity contribution in [1.29, 1.82) is 0 Å². The van der Waals surface area contributed by atoms with Crippen LogP contribution in [0.4, 0.5) is 27.0 Å². The quantitative estimate of drug-likeness (QED) is 0.325. The third-order valence-electron chi connectivity index (χ3n) is 5.01. The maximum Gasteiger partial charge on any atom is 0.408 e. The maximum absolute atomic E-state index is 14.1. The third kappa shape index (κ3) is 6.22. The minimum Gasteiger partial charge on any atom is -0.403 e. The predicted octanol–water partition coefficient (Wildman–Crippen LogP) is 4.04. The highest BCUT2D eigenvalue weighted by Crippen LogP contribution is 2.33. The van der Waals surface area contributed by atoms with Gasteiger partial charge in [0.1, 0.15) is 34.0 Å². The highest BCUT2D eigenvalue weighted by molar-refractivity contribution is 7.19. The predicted molar refractivity (Wildman–Crippen MR) is 120 cm³/mol. The largest absolute Gasteiger partial charge is 0.408 e. The number of benzene rings is 1. The van der Waals surface area contributed by atoms with Gasteiger partial charge < -0.3 is 21.7 Å². The Labute approximate surface area is 196 Å². The number of halogens is 5. The molecule has 0 aliphatic carbocycles. The molecule has 7 nitrogen and oxygen atoms in total. The zero-order valence-corrected chi connectivity index (χ0v) is 18.8. The number of hydrogen-bond acceptors (Lipinski definition) is 6. The van der Waals surface area contributed by atoms with Gasteiger partial charge in [0.25, 0.3) is 5.91 Å². The Morgan fingerprint density at radius 3 is 2.35 bits per heavy atom. The standard InChI is InChI=1S/C21H23F5N6OS/c22-12-6-5-7-13(23)15(12)20-31-16(17(28)34-20)19(33)30-14(10-27)18(29-11-21(24,25)26)32-8-3-1-2-4-9-32/h5-7,10H,1-4,8-9,11,27-28H2,(H,30,33)/b14-10+,29-18?. The zero-order chi connectivity index (χ0) is 24.9. The molecule has 3 rings (SSSR count). The molecule has 13 heteroatoms. The first-order chi connectivity index (χ1) is 16.1. The molecular weight excluding hydrogens is 479 g/mol. The molecule has 1 fully saturated rings. The summed E-state index contributed by atoms with van der Waals surface area (Å²) in [4.78, 5) is 22.2. The Balaban J connectivity index is 1.89. The van der Waals surface area contributed by atoms with Gasteiger partial charge in [-0.2, -0.15) is 13.2 Å². The number of aliphatic imine (C=N–C) groups is 1. The third-order valence-corrected chi connectivity index (χ3v) is 5.92. The van der Waals surface area contributed by atoms with Gasteiger partial charge in [-0.3, -0.25) is 9.79 Å². The fourth-order valence-electron chi connectivity index (χ4n) is 3.46. The van der Waals surface area contributed by atoms with Crippen LogP contribution in [0.5, 0.6) is 0 Å². The van der Waals surface area contributed by atoms with E-state index in [2.05, 4.69) is 15.3 Å². The van der Waals surface area contributed by atoms with Crippen LogP contribution < -0.4 is 16.8 Å². The number of carbonyl (C=O) groups is 1. The number of alkyl halides is 3. The number of nitrogen functional groups attached to an aromatic ring is 1. The summed E-state index contributed by atoms with van der Waals surface area (Å²) in [6, 6.07) is 3.26. The summed E-state index contributed by atoms with van der Waals surface area (Å²) in [5.74, 6) is -2.77. The topological polar surface area (TPSA) is 110 Å². The van der Waals surface area contributed by atoms with Crippen LogP contribution >= 0.6 is 11.3 Å². The van der Waals surface area contributed by atoms with Crippen LogP contribution in [0.25, 0.3) is 10.6 Å². The molecule has 1 saturated heterocycles. The summed E-state index contributed by atoms with van der Waals surface area (Å²) >= 11 is 0.697. The summed E-state index contributed by atoms with van der Waals surface area (Å²) in [6.07, 6.45) is -0.290. The van der Waals surface area contributed by atoms with Gasteiger partial charge in [-0.1, -0.05) is 30.2 Å². The van der Waals surface area contributed by atoms with Gasteiger partial charge >= 0.3 is 6.18 Å². The van der Waals surface area contributed by atoms with Gasteiger partial charge in [-0.15, -0.1) is 0 Å². The number of nitrogens with one attached hydrogen (secondary N) is 1. The Bertz CT molecular complexity index is 1070. The van der Waals surface area contributed by atoms with E-state index in [1.807, 2.05) is 0 Å². The van der Waals surface area contributed by atoms with E-state index >= 15 is 0 Å². The fraction of sp³-hybridized carbons (Fsp3) is 0.381. The molecule has 1 aliphatic heterocycles. The first-order valence-corrected chi connectivity index (χ1v) is 11.2. The second-order valence-corrected chi connectivity index (χ2v) is 8.55. The number of amidine groups is 1. The Kier molecular flexibility index (Phi) is 8.07. The van der Waals surface area contributed by atoms with E-state index < -0.39 is 35.8 Å². The van der Waals surface area contributed by atoms with Crippen molar-refractivity contribution in [2.75, 3.05) is 25.4 Å². The number of aromatic nitrogens is 1. The summed E-state index contributed by atoms with van der Waals surface area (Å²) in [7, 11) is 0. The molecule has 0 bridgehead atoms. The lowest BCUT2D eigenvalue weighted by molar-refractivity contribution is -0.118. The van der Waals surface area contributed by atoms with E-state index in [4.69, 9.17) is 11.5 Å². The molecule has 184 valence electrons. The number of amides is 1. The van der Waals surface area contributed by atoms with Crippen molar-refractivity contribution in [3.05, 3.63) is 47.4 Å². The van der Waals surface area contributed by atoms with Crippen molar-refractivity contribution in [3.63, 3.8) is 0 Å². The summed E-state index contributed by atoms with van der Waals surface area (Å²) < 4.78 is 66.9. The van der Waals surface area contributed by atoms with Gasteiger partial charge in [0.05, 0.1) is 11.3 Å². The normalized spacial score (nSPS) is 15.9. The van der Waals surface area contributed by atoms with Crippen LogP contribution in [-0.4, -0.2) is 47.4 Å². The minimum atomic E-state index is -4.56. The summed E-state index contributed by atoms with van der Waals surface area (Å²) in [5.41, 5.74) is 10.6. The van der Waals surface area contributed by atoms with Crippen molar-refractivity contribution in [2.24, 2.45) is 10.7 Å². The Hall–Kier alpha value is -3.22. The number of nitrogens with zero attached hydrogens (tertiary/aromatic N) is 3. The van der Waals surface area contributed by atoms with Gasteiger partial charge in [-0.05, 0) is 25.0 Å². The lowest BCUT2D eigenvalue weighted by Crippen LogP contribution is -2.40. The van der Waals surface area contributed by atoms with E-state index in [1.54, 1.807) is 4.90 Å². The summed E-state index contributed by atoms with van der Waals surface area (Å²) in [6.45, 7) is -0.569. The first kappa shape index (κ1) is 25.4. The second-order valence-electron chi connectivity index (χ2n) is 7.52. The monoisotopic (exact) mass is 502 g/mol. The van der Waals surface area contributed by atoms with Crippen LogP contribution in [0, 0.1) is 11.6 Å². The van der Waals surface area contributed by atoms with Gasteiger partial charge in [-0.25, -0.2) is 13.8 Å². The van der Waals surface area contributed by atoms with Crippen molar-refractivity contribution < 1.29 is 26.7 Å². The number of nitrogens with two attached hydrogens (primary N) is 2. The van der Waals surface area contributed by atoms with Crippen molar-refractivity contribution in [2.45, 2.75) is 31.9 Å². The average molecular weight is 503 g/mol. The first-order valence-electron chi connectivity index (χ1n) is 10.4. The van der Waals surface area contributed by atoms with Gasteiger partial charge in [0.2, 0.25) is 0 Å². The molecular formula is C21H23F5N6OS. The van der Waals surface area contributed by atoms with Crippen LogP contribution in [0.15, 0.2) is 35.1 Å². The second kappa shape index (κ2) is 10.8. The van der Waals surface area contributed by atoms with E-state index in [0.29, 0.717) is 24.4 Å². The average Bonchev–Trinajstić information content (AvgIpc) is 2.96. The lowest BCUT2D eigenvalue weighted by Gasteiger charge is -2.26. The SMILES string of the molecule is N/C=C(/NC(=O)c1nc(-c2c(F)cccc2F)sc1N)C(=NCC(F)(F)F)N1CCCCCC1. The Morgan fingerprint density at radius 2 is 1.79 bits per heavy atom. The molecule has 0 unspecified atom stereocenters. The highest BCUT2D eigenvalue weighted by Gasteiger charge is 2.29. The van der Waals surface area contributed by atoms with Crippen LogP contribution in [0.3, 0.4) is 0 Å². The molecule has 1 aliphatic rings. The van der Waals surface area contributed by atoms with Crippen molar-refractivity contribution >= 4 is 28.1 Å². The fourth-order valence-corrected chi connectivity index (χ4v) is 4.34. The number of likely N-dealkylation sites (tertiary alicyclic amines) is 1. The molecule has 2 aromatic rings. The number of thiazole rings is 1. The van der Waals surface area contributed by atoms with Crippen LogP contribution in [0.1, 0.15) is 36.2 Å². The number of carbonyl (C=O) groups excluding carboxylic acids is 1. The number of anilines is 1. The molecule has 2 heterocycles. The smallest absolute Gasteiger partial charge is 0.403 e. The van der Waals surface area contributed by atoms with Crippen LogP contribution in [-0.2, 0) is 0 Å². The molecule has 0 atom stereocenters. The van der Waals surface area contributed by atoms with Crippen LogP contribution in [0.2, 0.25) is 0 Å². The molecule has 5 N–H and O–H groups in total. The maximum atomic E-state index is 14.1. The van der Waals surface area contributed by atoms with Crippen molar-refractivity contribution in [3.8, 4) is 10.6 Å². The lowest BCUT2D eigenvalue weighted by atomic mass is 10.2. The van der Waals surface area contributed by atoms with Crippen molar-refractivity contribution in [1.82, 2.24) is 15.2 Å². The number of hydrogen-bond donors (Lipinski definition) is 3. The van der Waals surface area contributed by atoms with E-state index in [0.717, 1.165) is 44.0 Å². The molecule has 1 amide bonds. The van der Waals surface area contributed by atoms with E-state index in [1.165, 1.54) is 6.07 Å². The van der Waals surface area contributed by atoms with Gasteiger partial charge in [0.15, 0.2) is 5.69 Å². The molecule has 0 saturated carbocycles. The molecule has 1 aromatic carbocycles. The molecule has 0 spiro atoms. The zero-order valence-electron chi connectivity index (χ0n) is 18.0. The summed E-state index contributed by atoms with van der Waals surface area (Å²) in [5, 5.41) is 2.12. The molecule has 0 radical (unpaired) electrons. The Morgan fingerprint density at radius 1 is 1.18 bits per heavy atom. The number of rotatable bonds is 5. The minimum absolute atomic E-state index is 0.107. The highest BCUT2D eigenvalue weighted by atomic mass is 32.1. The molecule has 1 aromatic heterocycles. The van der Waals surface area contributed by atoms with E-state index in [9.17, 15) is 26.7 Å². The van der Waals surface area contributed by atoms with Gasteiger partial charge in [0, 0.05) is 19.3 Å².